The van der Waals surface area contributed by atoms with Crippen LogP contribution in [0.15, 0.2) is 54.6 Å². The van der Waals surface area contributed by atoms with E-state index in [2.05, 4.69) is 15.5 Å². The van der Waals surface area contributed by atoms with Crippen molar-refractivity contribution in [3.63, 3.8) is 0 Å². The van der Waals surface area contributed by atoms with Crippen LogP contribution < -0.4 is 10.6 Å². The van der Waals surface area contributed by atoms with E-state index in [0.717, 1.165) is 5.56 Å². The third-order valence-electron chi connectivity index (χ3n) is 5.69. The smallest absolute Gasteiger partial charge is 0.252 e. The molecule has 1 aliphatic rings. The molecule has 1 fully saturated rings. The van der Waals surface area contributed by atoms with Crippen LogP contribution in [0.2, 0.25) is 0 Å². The van der Waals surface area contributed by atoms with Crippen molar-refractivity contribution in [1.29, 1.82) is 0 Å². The number of amides is 3. The number of piperazine rings is 1. The second-order valence-electron chi connectivity index (χ2n) is 8.40. The highest BCUT2D eigenvalue weighted by atomic mass is 16.2. The molecule has 2 N–H and O–H groups in total. The van der Waals surface area contributed by atoms with Gasteiger partial charge in [0, 0.05) is 37.8 Å². The quantitative estimate of drug-likeness (QED) is 0.773. The Labute approximate surface area is 183 Å². The predicted molar refractivity (Wildman–Crippen MR) is 120 cm³/mol. The number of likely N-dealkylation sites (N-methyl/N-ethyl adjacent to an activating group) is 1. The Bertz CT molecular complexity index is 958. The lowest BCUT2D eigenvalue weighted by Gasteiger charge is -2.42. The van der Waals surface area contributed by atoms with Crippen LogP contribution in [0.3, 0.4) is 0 Å². The Morgan fingerprint density at radius 2 is 1.61 bits per heavy atom. The van der Waals surface area contributed by atoms with E-state index in [1.165, 1.54) is 0 Å². The van der Waals surface area contributed by atoms with E-state index in [9.17, 15) is 14.4 Å². The molecule has 1 saturated heterocycles. The van der Waals surface area contributed by atoms with Gasteiger partial charge in [0.15, 0.2) is 0 Å². The lowest BCUT2D eigenvalue weighted by atomic mass is 9.97. The van der Waals surface area contributed by atoms with Gasteiger partial charge in [-0.3, -0.25) is 19.3 Å². The fourth-order valence-electron chi connectivity index (χ4n) is 3.84. The van der Waals surface area contributed by atoms with Gasteiger partial charge in [-0.25, -0.2) is 0 Å². The van der Waals surface area contributed by atoms with Crippen LogP contribution in [0.25, 0.3) is 0 Å². The molecule has 1 atom stereocenters. The predicted octanol–water partition coefficient (Wildman–Crippen LogP) is 2.07. The van der Waals surface area contributed by atoms with Crippen molar-refractivity contribution in [3.05, 3.63) is 71.3 Å². The largest absolute Gasteiger partial charge is 0.355 e. The van der Waals surface area contributed by atoms with Crippen LogP contribution in [0.1, 0.15) is 46.2 Å². The maximum atomic E-state index is 13.3. The highest BCUT2D eigenvalue weighted by molar-refractivity contribution is 5.99. The molecule has 3 rings (SSSR count). The zero-order chi connectivity index (χ0) is 22.6. The zero-order valence-corrected chi connectivity index (χ0v) is 18.5. The summed E-state index contributed by atoms with van der Waals surface area (Å²) in [6.07, 6.45) is 0. The third-order valence-corrected chi connectivity index (χ3v) is 5.69. The molecule has 0 radical (unpaired) electrons. The van der Waals surface area contributed by atoms with Crippen LogP contribution in [0.5, 0.6) is 0 Å². The first kappa shape index (κ1) is 22.5. The summed E-state index contributed by atoms with van der Waals surface area (Å²) in [7, 11) is 3.62. The second kappa shape index (κ2) is 9.31. The molecule has 0 saturated carbocycles. The topological polar surface area (TPSA) is 81.8 Å². The van der Waals surface area contributed by atoms with Gasteiger partial charge in [0.1, 0.15) is 5.54 Å². The molecule has 3 amide bonds. The molecule has 0 aliphatic carbocycles. The summed E-state index contributed by atoms with van der Waals surface area (Å²) in [5.41, 5.74) is 1.04. The first-order chi connectivity index (χ1) is 14.7. The minimum atomic E-state index is -1.04. The van der Waals surface area contributed by atoms with Crippen molar-refractivity contribution in [3.8, 4) is 0 Å². The summed E-state index contributed by atoms with van der Waals surface area (Å²) in [5.74, 6) is -0.543. The van der Waals surface area contributed by atoms with E-state index in [1.807, 2.05) is 31.3 Å². The van der Waals surface area contributed by atoms with Gasteiger partial charge in [0.25, 0.3) is 11.8 Å². The number of nitrogens with one attached hydrogen (secondary N) is 2. The Hall–Kier alpha value is -3.19. The monoisotopic (exact) mass is 422 g/mol. The zero-order valence-electron chi connectivity index (χ0n) is 18.5. The van der Waals surface area contributed by atoms with Crippen molar-refractivity contribution in [2.45, 2.75) is 25.4 Å². The number of carbonyl (C=O) groups excluding carboxylic acids is 3. The molecule has 1 unspecified atom stereocenters. The van der Waals surface area contributed by atoms with Crippen molar-refractivity contribution < 1.29 is 14.4 Å². The van der Waals surface area contributed by atoms with Gasteiger partial charge in [-0.05, 0) is 50.7 Å². The molecule has 164 valence electrons. The molecule has 7 heteroatoms. The van der Waals surface area contributed by atoms with Crippen LogP contribution >= 0.6 is 0 Å². The molecule has 0 bridgehead atoms. The van der Waals surface area contributed by atoms with Gasteiger partial charge < -0.3 is 15.5 Å². The lowest BCUT2D eigenvalue weighted by Crippen LogP contribution is -2.59. The van der Waals surface area contributed by atoms with Gasteiger partial charge >= 0.3 is 0 Å². The molecule has 2 aromatic carbocycles. The van der Waals surface area contributed by atoms with Crippen molar-refractivity contribution in [2.75, 3.05) is 33.7 Å². The first-order valence-electron chi connectivity index (χ1n) is 10.4. The Kier molecular flexibility index (Phi) is 6.75. The molecule has 1 heterocycles. The third kappa shape index (κ3) is 5.11. The summed E-state index contributed by atoms with van der Waals surface area (Å²) in [5, 5.41) is 5.51. The van der Waals surface area contributed by atoms with Crippen LogP contribution in [0.4, 0.5) is 0 Å². The normalized spacial score (nSPS) is 17.2. The van der Waals surface area contributed by atoms with Crippen molar-refractivity contribution in [1.82, 2.24) is 20.4 Å². The maximum absolute atomic E-state index is 13.3. The van der Waals surface area contributed by atoms with Gasteiger partial charge in [-0.2, -0.15) is 0 Å². The second-order valence-corrected chi connectivity index (χ2v) is 8.40. The number of benzene rings is 2. The molecular formula is C24H30N4O3. The highest BCUT2D eigenvalue weighted by Crippen LogP contribution is 2.26. The van der Waals surface area contributed by atoms with Crippen molar-refractivity contribution in [2.24, 2.45) is 0 Å². The Morgan fingerprint density at radius 3 is 2.29 bits per heavy atom. The van der Waals surface area contributed by atoms with Crippen LogP contribution in [-0.4, -0.2) is 66.8 Å². The number of rotatable bonds is 5. The minimum Gasteiger partial charge on any atom is -0.355 e. The van der Waals surface area contributed by atoms with E-state index < -0.39 is 5.54 Å². The van der Waals surface area contributed by atoms with Crippen LogP contribution in [-0.2, 0) is 4.79 Å². The van der Waals surface area contributed by atoms with Crippen molar-refractivity contribution >= 4 is 17.7 Å². The van der Waals surface area contributed by atoms with Gasteiger partial charge in [0.2, 0.25) is 5.91 Å². The Morgan fingerprint density at radius 1 is 0.935 bits per heavy atom. The van der Waals surface area contributed by atoms with E-state index in [1.54, 1.807) is 56.1 Å². The van der Waals surface area contributed by atoms with E-state index in [0.29, 0.717) is 30.8 Å². The fourth-order valence-corrected chi connectivity index (χ4v) is 3.84. The van der Waals surface area contributed by atoms with Gasteiger partial charge in [-0.15, -0.1) is 0 Å². The molecule has 0 spiro atoms. The summed E-state index contributed by atoms with van der Waals surface area (Å²) in [4.78, 5) is 41.9. The summed E-state index contributed by atoms with van der Waals surface area (Å²) < 4.78 is 0. The fraction of sp³-hybridized carbons (Fsp3) is 0.375. The summed E-state index contributed by atoms with van der Waals surface area (Å²) >= 11 is 0. The molecule has 2 aromatic rings. The molecule has 31 heavy (non-hydrogen) atoms. The van der Waals surface area contributed by atoms with E-state index >= 15 is 0 Å². The minimum absolute atomic E-state index is 0.0390. The van der Waals surface area contributed by atoms with Crippen LogP contribution in [0, 0.1) is 0 Å². The summed E-state index contributed by atoms with van der Waals surface area (Å²) in [6, 6.07) is 16.3. The van der Waals surface area contributed by atoms with Gasteiger partial charge in [-0.1, -0.05) is 30.3 Å². The highest BCUT2D eigenvalue weighted by Gasteiger charge is 2.37. The maximum Gasteiger partial charge on any atom is 0.252 e. The SMILES string of the molecule is CNC(=O)c1cccc(C2CN(C(=O)C(C)(C)NC(=O)c3ccccc3)CCN2C)c1. The lowest BCUT2D eigenvalue weighted by molar-refractivity contribution is -0.139. The number of carbonyl (C=O) groups is 3. The molecule has 1 aliphatic heterocycles. The van der Waals surface area contributed by atoms with Gasteiger partial charge in [0.05, 0.1) is 6.04 Å². The average molecular weight is 423 g/mol. The first-order valence-corrected chi connectivity index (χ1v) is 10.4. The van der Waals surface area contributed by atoms with E-state index in [-0.39, 0.29) is 23.8 Å². The van der Waals surface area contributed by atoms with E-state index in [4.69, 9.17) is 0 Å². The molecule has 7 nitrogen and oxygen atoms in total. The number of hydrogen-bond acceptors (Lipinski definition) is 4. The number of hydrogen-bond donors (Lipinski definition) is 2. The number of nitrogens with zero attached hydrogens (tertiary/aromatic N) is 2. The summed E-state index contributed by atoms with van der Waals surface area (Å²) in [6.45, 7) is 5.22. The standard InChI is InChI=1S/C24H30N4O3/c1-24(2,26-22(30)17-9-6-5-7-10-17)23(31)28-14-13-27(4)20(16-28)18-11-8-12-19(15-18)21(29)25-3/h5-12,15,20H,13-14,16H2,1-4H3,(H,25,29)(H,26,30). The Balaban J connectivity index is 1.75. The average Bonchev–Trinajstić information content (AvgIpc) is 2.78. The molecule has 0 aromatic heterocycles. The molecular weight excluding hydrogens is 392 g/mol.